The maximum Gasteiger partial charge on any atom is 0.308 e. The molecule has 0 radical (unpaired) electrons. The first-order valence-electron chi connectivity index (χ1n) is 10.3. The Labute approximate surface area is 197 Å². The Balaban J connectivity index is 1.91. The molecule has 0 aliphatic rings. The zero-order valence-corrected chi connectivity index (χ0v) is 19.1. The van der Waals surface area contributed by atoms with Gasteiger partial charge in [0.1, 0.15) is 6.54 Å². The van der Waals surface area contributed by atoms with E-state index in [2.05, 4.69) is 10.3 Å². The second kappa shape index (κ2) is 11.1. The van der Waals surface area contributed by atoms with Gasteiger partial charge in [0.05, 0.1) is 40.1 Å². The average molecular weight is 493 g/mol. The molecule has 1 aromatic heterocycles. The summed E-state index contributed by atoms with van der Waals surface area (Å²) in [5.41, 5.74) is 0.767. The third-order valence-electron chi connectivity index (χ3n) is 4.70. The number of nitrogens with zero attached hydrogens (tertiary/aromatic N) is 3. The summed E-state index contributed by atoms with van der Waals surface area (Å²) in [5.74, 6) is -4.04. The lowest BCUT2D eigenvalue weighted by molar-refractivity contribution is -0.385. The van der Waals surface area contributed by atoms with Gasteiger partial charge in [-0.25, -0.2) is 4.98 Å². The first-order valence-corrected chi connectivity index (χ1v) is 11.2. The van der Waals surface area contributed by atoms with Crippen LogP contribution in [0.5, 0.6) is 0 Å². The van der Waals surface area contributed by atoms with Crippen molar-refractivity contribution >= 4 is 40.4 Å². The third kappa shape index (κ3) is 6.28. The summed E-state index contributed by atoms with van der Waals surface area (Å²) in [6.07, 6.45) is -0.765. The van der Waals surface area contributed by atoms with E-state index in [9.17, 15) is 28.5 Å². The highest BCUT2D eigenvalue weighted by Crippen LogP contribution is 2.30. The van der Waals surface area contributed by atoms with Gasteiger partial charge < -0.3 is 14.6 Å². The number of rotatable bonds is 10. The van der Waals surface area contributed by atoms with E-state index in [0.29, 0.717) is 11.0 Å². The highest BCUT2D eigenvalue weighted by molar-refractivity contribution is 7.99. The normalized spacial score (nSPS) is 12.2. The number of benzene rings is 2. The number of thioether (sulfide) groups is 1. The number of hydrogen-bond donors (Lipinski definition) is 1. The number of nitro benzene ring substituents is 1. The monoisotopic (exact) mass is 492 g/mol. The van der Waals surface area contributed by atoms with Gasteiger partial charge in [0.25, 0.3) is 11.4 Å². The fourth-order valence-electron chi connectivity index (χ4n) is 3.42. The van der Waals surface area contributed by atoms with Gasteiger partial charge in [0, 0.05) is 6.07 Å². The van der Waals surface area contributed by atoms with E-state index in [1.807, 2.05) is 0 Å². The number of alkyl halides is 2. The summed E-state index contributed by atoms with van der Waals surface area (Å²) >= 11 is 0.207. The molecule has 0 saturated carbocycles. The number of nitrogens with one attached hydrogen (secondary N) is 1. The van der Waals surface area contributed by atoms with Crippen molar-refractivity contribution < 1.29 is 28.0 Å². The van der Waals surface area contributed by atoms with E-state index in [1.54, 1.807) is 44.2 Å². The van der Waals surface area contributed by atoms with Crippen LogP contribution in [0.2, 0.25) is 0 Å². The summed E-state index contributed by atoms with van der Waals surface area (Å²) < 4.78 is 32.6. The van der Waals surface area contributed by atoms with Gasteiger partial charge in [-0.05, 0) is 37.7 Å². The Morgan fingerprint density at radius 3 is 2.53 bits per heavy atom. The molecule has 0 aliphatic carbocycles. The second-order valence-electron chi connectivity index (χ2n) is 7.53. The summed E-state index contributed by atoms with van der Waals surface area (Å²) in [4.78, 5) is 40.4. The number of aromatic nitrogens is 2. The summed E-state index contributed by atoms with van der Waals surface area (Å²) in [5, 5.41) is 14.1. The Hall–Kier alpha value is -3.54. The molecule has 1 amide bonds. The van der Waals surface area contributed by atoms with Crippen molar-refractivity contribution in [2.24, 2.45) is 0 Å². The predicted octanol–water partition coefficient (Wildman–Crippen LogP) is 4.46. The van der Waals surface area contributed by atoms with Crippen LogP contribution in [0.15, 0.2) is 53.7 Å². The molecule has 3 aromatic rings. The molecule has 1 heterocycles. The fourth-order valence-corrected chi connectivity index (χ4v) is 4.02. The number of amides is 1. The van der Waals surface area contributed by atoms with Crippen molar-refractivity contribution in [3.63, 3.8) is 0 Å². The summed E-state index contributed by atoms with van der Waals surface area (Å²) in [6, 6.07) is 11.3. The van der Waals surface area contributed by atoms with Gasteiger partial charge in [-0.1, -0.05) is 30.3 Å². The molecule has 12 heteroatoms. The largest absolute Gasteiger partial charge is 0.463 e. The lowest BCUT2D eigenvalue weighted by Gasteiger charge is -2.20. The number of imidazole rings is 1. The topological polar surface area (TPSA) is 116 Å². The van der Waals surface area contributed by atoms with Crippen molar-refractivity contribution in [1.82, 2.24) is 14.9 Å². The predicted molar refractivity (Wildman–Crippen MR) is 121 cm³/mol. The molecule has 1 atom stereocenters. The summed E-state index contributed by atoms with van der Waals surface area (Å²) in [6.45, 7) is 2.93. The SMILES string of the molecule is CC(C)OC(=O)C[C@@H](NC(=O)Cn1c(SC(F)F)nc2ccccc21)c1ccccc1[N+](=O)[O-]. The van der Waals surface area contributed by atoms with E-state index < -0.39 is 34.7 Å². The fraction of sp³-hybridized carbons (Fsp3) is 0.318. The Morgan fingerprint density at radius 2 is 1.85 bits per heavy atom. The van der Waals surface area contributed by atoms with Crippen LogP contribution in [-0.4, -0.2) is 38.2 Å². The smallest absolute Gasteiger partial charge is 0.308 e. The van der Waals surface area contributed by atoms with E-state index in [4.69, 9.17) is 4.74 Å². The standard InChI is InChI=1S/C22H22F2N4O5S/c1-13(2)33-20(30)11-16(14-7-3-5-9-17(14)28(31)32)25-19(29)12-27-18-10-6-4-8-15(18)26-22(27)34-21(23)24/h3-10,13,16,21H,11-12H2,1-2H3,(H,25,29)/t16-/m1/s1. The third-order valence-corrected chi connectivity index (χ3v) is 5.40. The molecule has 2 aromatic carbocycles. The number of carbonyl (C=O) groups excluding carboxylic acids is 2. The van der Waals surface area contributed by atoms with Gasteiger partial charge in [-0.2, -0.15) is 8.78 Å². The van der Waals surface area contributed by atoms with Crippen molar-refractivity contribution in [3.8, 4) is 0 Å². The average Bonchev–Trinajstić information content (AvgIpc) is 3.09. The highest BCUT2D eigenvalue weighted by Gasteiger charge is 2.27. The number of esters is 1. The van der Waals surface area contributed by atoms with Crippen LogP contribution in [0.3, 0.4) is 0 Å². The molecule has 3 rings (SSSR count). The number of ether oxygens (including phenoxy) is 1. The molecule has 34 heavy (non-hydrogen) atoms. The number of fused-ring (bicyclic) bond motifs is 1. The first kappa shape index (κ1) is 25.1. The van der Waals surface area contributed by atoms with Gasteiger partial charge in [0.15, 0.2) is 5.16 Å². The first-order chi connectivity index (χ1) is 16.2. The Bertz CT molecular complexity index is 1200. The van der Waals surface area contributed by atoms with Crippen LogP contribution in [0.1, 0.15) is 31.9 Å². The molecule has 0 saturated heterocycles. The van der Waals surface area contributed by atoms with E-state index in [0.717, 1.165) is 0 Å². The van der Waals surface area contributed by atoms with Crippen LogP contribution in [0.25, 0.3) is 11.0 Å². The van der Waals surface area contributed by atoms with Gasteiger partial charge in [-0.3, -0.25) is 19.7 Å². The quantitative estimate of drug-likeness (QED) is 0.192. The maximum atomic E-state index is 13.1. The Morgan fingerprint density at radius 1 is 1.18 bits per heavy atom. The van der Waals surface area contributed by atoms with Crippen LogP contribution >= 0.6 is 11.8 Å². The highest BCUT2D eigenvalue weighted by atomic mass is 32.2. The molecule has 0 spiro atoms. The molecule has 0 unspecified atom stereocenters. The number of halogens is 2. The molecule has 0 aliphatic heterocycles. The van der Waals surface area contributed by atoms with E-state index >= 15 is 0 Å². The number of para-hydroxylation sites is 3. The number of hydrogen-bond acceptors (Lipinski definition) is 7. The zero-order valence-electron chi connectivity index (χ0n) is 18.3. The summed E-state index contributed by atoms with van der Waals surface area (Å²) in [7, 11) is 0. The minimum atomic E-state index is -2.75. The van der Waals surface area contributed by atoms with Crippen LogP contribution in [0.4, 0.5) is 14.5 Å². The molecule has 1 N–H and O–H groups in total. The Kier molecular flexibility index (Phi) is 8.16. The minimum absolute atomic E-state index is 0.0483. The maximum absolute atomic E-state index is 13.1. The zero-order chi connectivity index (χ0) is 24.8. The number of carbonyl (C=O) groups is 2. The van der Waals surface area contributed by atoms with Gasteiger partial charge >= 0.3 is 5.97 Å². The lowest BCUT2D eigenvalue weighted by atomic mass is 10.0. The molecule has 180 valence electrons. The lowest BCUT2D eigenvalue weighted by Crippen LogP contribution is -2.34. The van der Waals surface area contributed by atoms with Crippen LogP contribution in [-0.2, 0) is 20.9 Å². The van der Waals surface area contributed by atoms with Crippen LogP contribution < -0.4 is 5.32 Å². The second-order valence-corrected chi connectivity index (χ2v) is 8.48. The molecule has 9 nitrogen and oxygen atoms in total. The number of nitro groups is 1. The van der Waals surface area contributed by atoms with Crippen LogP contribution in [0, 0.1) is 10.1 Å². The minimum Gasteiger partial charge on any atom is -0.463 e. The van der Waals surface area contributed by atoms with Crippen molar-refractivity contribution in [2.45, 2.75) is 49.9 Å². The molecular formula is C22H22F2N4O5S. The van der Waals surface area contributed by atoms with E-state index in [1.165, 1.54) is 22.8 Å². The van der Waals surface area contributed by atoms with Gasteiger partial charge in [0.2, 0.25) is 5.91 Å². The van der Waals surface area contributed by atoms with Crippen molar-refractivity contribution in [1.29, 1.82) is 0 Å². The molecular weight excluding hydrogens is 470 g/mol. The molecule has 0 bridgehead atoms. The van der Waals surface area contributed by atoms with Gasteiger partial charge in [-0.15, -0.1) is 0 Å². The van der Waals surface area contributed by atoms with Crippen molar-refractivity contribution in [3.05, 3.63) is 64.2 Å². The van der Waals surface area contributed by atoms with E-state index in [-0.39, 0.29) is 41.1 Å². The van der Waals surface area contributed by atoms with Crippen molar-refractivity contribution in [2.75, 3.05) is 0 Å². The molecule has 0 fully saturated rings.